The number of rotatable bonds is 5. The van der Waals surface area contributed by atoms with E-state index in [1.54, 1.807) is 6.20 Å². The van der Waals surface area contributed by atoms with Crippen LogP contribution in [0.1, 0.15) is 36.8 Å². The fourth-order valence-corrected chi connectivity index (χ4v) is 5.07. The average Bonchev–Trinajstić information content (AvgIpc) is 3.36. The van der Waals surface area contributed by atoms with Gasteiger partial charge in [-0.2, -0.15) is 0 Å². The van der Waals surface area contributed by atoms with Gasteiger partial charge < -0.3 is 19.4 Å². The number of aryl methyl sites for hydroxylation is 3. The molecule has 9 nitrogen and oxygen atoms in total. The van der Waals surface area contributed by atoms with Crippen LogP contribution >= 0.6 is 0 Å². The van der Waals surface area contributed by atoms with Crippen molar-refractivity contribution in [3.8, 4) is 5.75 Å². The molecule has 0 N–H and O–H groups in total. The van der Waals surface area contributed by atoms with Crippen molar-refractivity contribution in [2.75, 3.05) is 49.1 Å². The first-order valence-electron chi connectivity index (χ1n) is 12.5. The summed E-state index contributed by atoms with van der Waals surface area (Å²) in [5.41, 5.74) is 3.60. The lowest BCUT2D eigenvalue weighted by Crippen LogP contribution is -2.54. The Hall–Kier alpha value is -3.49. The highest BCUT2D eigenvalue weighted by Crippen LogP contribution is 2.29. The number of carbonyl (C=O) groups excluding carboxylic acids is 1. The van der Waals surface area contributed by atoms with E-state index in [4.69, 9.17) is 14.7 Å². The molecule has 1 aromatic carbocycles. The molecular formula is C26H33N7O2. The molecule has 2 aromatic heterocycles. The Kier molecular flexibility index (Phi) is 6.40. The van der Waals surface area contributed by atoms with Crippen molar-refractivity contribution in [1.82, 2.24) is 24.8 Å². The second-order valence-electron chi connectivity index (χ2n) is 9.31. The summed E-state index contributed by atoms with van der Waals surface area (Å²) in [5, 5.41) is 0.979. The molecule has 1 atom stereocenters. The quantitative estimate of drug-likeness (QED) is 0.556. The van der Waals surface area contributed by atoms with Crippen LogP contribution < -0.4 is 14.5 Å². The maximum Gasteiger partial charge on any atom is 0.245 e. The number of ether oxygens (including phenoxy) is 1. The van der Waals surface area contributed by atoms with Gasteiger partial charge >= 0.3 is 0 Å². The number of carbonyl (C=O) groups is 1. The van der Waals surface area contributed by atoms with Crippen LogP contribution in [0.25, 0.3) is 10.9 Å². The number of hydrogen-bond acceptors (Lipinski definition) is 8. The Morgan fingerprint density at radius 3 is 2.60 bits per heavy atom. The van der Waals surface area contributed by atoms with E-state index in [2.05, 4.69) is 19.8 Å². The monoisotopic (exact) mass is 475 g/mol. The number of amides is 1. The first kappa shape index (κ1) is 23.3. The van der Waals surface area contributed by atoms with E-state index in [-0.39, 0.29) is 11.9 Å². The molecule has 0 aliphatic carbocycles. The van der Waals surface area contributed by atoms with Crippen molar-refractivity contribution < 1.29 is 9.53 Å². The van der Waals surface area contributed by atoms with E-state index in [9.17, 15) is 4.79 Å². The minimum absolute atomic E-state index is 0.169. The molecule has 0 bridgehead atoms. The summed E-state index contributed by atoms with van der Waals surface area (Å²) < 4.78 is 5.64. The van der Waals surface area contributed by atoms with Gasteiger partial charge in [0.25, 0.3) is 0 Å². The van der Waals surface area contributed by atoms with Crippen molar-refractivity contribution in [2.45, 2.75) is 46.6 Å². The third-order valence-electron chi connectivity index (χ3n) is 6.89. The Morgan fingerprint density at radius 2 is 1.83 bits per heavy atom. The Morgan fingerprint density at radius 1 is 1.03 bits per heavy atom. The molecular weight excluding hydrogens is 442 g/mol. The van der Waals surface area contributed by atoms with Crippen molar-refractivity contribution in [3.05, 3.63) is 41.5 Å². The first-order valence-corrected chi connectivity index (χ1v) is 12.5. The van der Waals surface area contributed by atoms with E-state index < -0.39 is 0 Å². The molecule has 1 amide bonds. The second kappa shape index (κ2) is 9.64. The van der Waals surface area contributed by atoms with Gasteiger partial charge in [0.1, 0.15) is 17.6 Å². The largest absolute Gasteiger partial charge is 0.494 e. The SMILES string of the molecule is CCOc1ccc2nc(N3CCC[C@@H]3C(=O)N3CCN(c4nc(C)cnc4C)CC3)nc(C)c2c1. The number of piperazine rings is 1. The Balaban J connectivity index is 1.31. The van der Waals surface area contributed by atoms with Crippen molar-refractivity contribution in [3.63, 3.8) is 0 Å². The fourth-order valence-electron chi connectivity index (χ4n) is 5.07. The summed E-state index contributed by atoms with van der Waals surface area (Å²) in [6.45, 7) is 12.2. The minimum Gasteiger partial charge on any atom is -0.494 e. The van der Waals surface area contributed by atoms with Crippen molar-refractivity contribution >= 4 is 28.6 Å². The number of nitrogens with zero attached hydrogens (tertiary/aromatic N) is 7. The van der Waals surface area contributed by atoms with Gasteiger partial charge in [0.05, 0.1) is 29.2 Å². The van der Waals surface area contributed by atoms with Gasteiger partial charge in [-0.05, 0) is 58.7 Å². The molecule has 2 aliphatic heterocycles. The summed E-state index contributed by atoms with van der Waals surface area (Å²) in [6, 6.07) is 5.68. The molecule has 0 unspecified atom stereocenters. The van der Waals surface area contributed by atoms with Crippen molar-refractivity contribution in [1.29, 1.82) is 0 Å². The van der Waals surface area contributed by atoms with Crippen LogP contribution in [0.4, 0.5) is 11.8 Å². The molecule has 4 heterocycles. The highest BCUT2D eigenvalue weighted by molar-refractivity contribution is 5.87. The smallest absolute Gasteiger partial charge is 0.245 e. The molecule has 0 saturated carbocycles. The summed E-state index contributed by atoms with van der Waals surface area (Å²) in [6.07, 6.45) is 3.57. The van der Waals surface area contributed by atoms with E-state index in [1.807, 2.05) is 50.8 Å². The first-order chi connectivity index (χ1) is 16.9. The molecule has 184 valence electrons. The second-order valence-corrected chi connectivity index (χ2v) is 9.31. The van der Waals surface area contributed by atoms with Crippen LogP contribution in [0.5, 0.6) is 5.75 Å². The lowest BCUT2D eigenvalue weighted by molar-refractivity contribution is -0.132. The lowest BCUT2D eigenvalue weighted by Gasteiger charge is -2.38. The van der Waals surface area contributed by atoms with Gasteiger partial charge in [0.2, 0.25) is 11.9 Å². The molecule has 2 fully saturated rings. The molecule has 0 radical (unpaired) electrons. The summed E-state index contributed by atoms with van der Waals surface area (Å²) in [7, 11) is 0. The van der Waals surface area contributed by atoms with E-state index in [1.165, 1.54) is 0 Å². The van der Waals surface area contributed by atoms with Gasteiger partial charge in [-0.1, -0.05) is 0 Å². The van der Waals surface area contributed by atoms with Gasteiger partial charge in [0.15, 0.2) is 0 Å². The van der Waals surface area contributed by atoms with Crippen LogP contribution in [0.15, 0.2) is 24.4 Å². The van der Waals surface area contributed by atoms with E-state index >= 15 is 0 Å². The van der Waals surface area contributed by atoms with Gasteiger partial charge in [-0.25, -0.2) is 15.0 Å². The van der Waals surface area contributed by atoms with Crippen LogP contribution in [0.2, 0.25) is 0 Å². The van der Waals surface area contributed by atoms with E-state index in [0.29, 0.717) is 25.6 Å². The molecule has 0 spiro atoms. The average molecular weight is 476 g/mol. The molecule has 35 heavy (non-hydrogen) atoms. The normalized spacial score (nSPS) is 18.4. The summed E-state index contributed by atoms with van der Waals surface area (Å²) in [4.78, 5) is 38.6. The minimum atomic E-state index is -0.221. The van der Waals surface area contributed by atoms with Crippen molar-refractivity contribution in [2.24, 2.45) is 0 Å². The maximum absolute atomic E-state index is 13.6. The maximum atomic E-state index is 13.6. The summed E-state index contributed by atoms with van der Waals surface area (Å²) in [5.74, 6) is 2.55. The zero-order valence-electron chi connectivity index (χ0n) is 21.0. The Labute approximate surface area is 206 Å². The highest BCUT2D eigenvalue weighted by atomic mass is 16.5. The standard InChI is InChI=1S/C26H33N7O2/c1-5-35-20-8-9-22-21(15-20)18(3)29-26(30-22)33-10-6-7-23(33)25(34)32-13-11-31(12-14-32)24-19(4)27-16-17(2)28-24/h8-9,15-16,23H,5-7,10-14H2,1-4H3/t23-/m1/s1. The molecule has 9 heteroatoms. The molecule has 2 aliphatic rings. The zero-order valence-corrected chi connectivity index (χ0v) is 21.0. The molecule has 2 saturated heterocycles. The lowest BCUT2D eigenvalue weighted by atomic mass is 10.1. The summed E-state index contributed by atoms with van der Waals surface area (Å²) >= 11 is 0. The molecule has 5 rings (SSSR count). The topological polar surface area (TPSA) is 87.6 Å². The number of hydrogen-bond donors (Lipinski definition) is 0. The predicted molar refractivity (Wildman–Crippen MR) is 136 cm³/mol. The highest BCUT2D eigenvalue weighted by Gasteiger charge is 2.36. The third kappa shape index (κ3) is 4.59. The van der Waals surface area contributed by atoms with Gasteiger partial charge in [-0.15, -0.1) is 0 Å². The van der Waals surface area contributed by atoms with Gasteiger partial charge in [0, 0.05) is 44.3 Å². The van der Waals surface area contributed by atoms with Crippen LogP contribution in [-0.4, -0.2) is 76.1 Å². The Bertz CT molecular complexity index is 1240. The van der Waals surface area contributed by atoms with Crippen LogP contribution in [0, 0.1) is 20.8 Å². The number of fused-ring (bicyclic) bond motifs is 1. The number of anilines is 2. The van der Waals surface area contributed by atoms with Crippen LogP contribution in [0.3, 0.4) is 0 Å². The van der Waals surface area contributed by atoms with Gasteiger partial charge in [-0.3, -0.25) is 9.78 Å². The van der Waals surface area contributed by atoms with Crippen LogP contribution in [-0.2, 0) is 4.79 Å². The number of aromatic nitrogens is 4. The third-order valence-corrected chi connectivity index (χ3v) is 6.89. The fraction of sp³-hybridized carbons (Fsp3) is 0.500. The molecule has 3 aromatic rings. The number of benzene rings is 1. The zero-order chi connectivity index (χ0) is 24.5. The van der Waals surface area contributed by atoms with E-state index in [0.717, 1.165) is 72.0 Å². The predicted octanol–water partition coefficient (Wildman–Crippen LogP) is 3.06.